The molecular formula is C21H17BrClN3OS. The van der Waals surface area contributed by atoms with Crippen LogP contribution >= 0.6 is 38.9 Å². The number of rotatable bonds is 2. The fourth-order valence-corrected chi connectivity index (χ4v) is 5.60. The normalized spacial score (nSPS) is 19.7. The molecule has 2 aliphatic rings. The van der Waals surface area contributed by atoms with E-state index in [1.165, 1.54) is 11.3 Å². The number of nitrogens with two attached hydrogens (primary N) is 1. The maximum absolute atomic E-state index is 13.0. The van der Waals surface area contributed by atoms with Crippen molar-refractivity contribution in [1.29, 1.82) is 5.26 Å². The minimum absolute atomic E-state index is 0.0826. The van der Waals surface area contributed by atoms with Crippen LogP contribution < -0.4 is 10.6 Å². The number of carbonyl (C=O) groups excluding carboxylic acids is 1. The van der Waals surface area contributed by atoms with Crippen LogP contribution in [-0.4, -0.2) is 5.78 Å². The van der Waals surface area contributed by atoms with Gasteiger partial charge in [0.15, 0.2) is 5.78 Å². The number of Topliss-reactive ketones (excluding diaryl/α,β-unsaturated/α-hetero) is 1. The Morgan fingerprint density at radius 1 is 1.36 bits per heavy atom. The Morgan fingerprint density at radius 3 is 2.79 bits per heavy atom. The van der Waals surface area contributed by atoms with Gasteiger partial charge in [0.25, 0.3) is 0 Å². The third kappa shape index (κ3) is 3.08. The van der Waals surface area contributed by atoms with Crippen molar-refractivity contribution in [1.82, 2.24) is 0 Å². The number of hydrogen-bond acceptors (Lipinski definition) is 5. The van der Waals surface area contributed by atoms with E-state index >= 15 is 0 Å². The predicted molar refractivity (Wildman–Crippen MR) is 116 cm³/mol. The van der Waals surface area contributed by atoms with Gasteiger partial charge in [0.1, 0.15) is 5.82 Å². The highest BCUT2D eigenvalue weighted by Gasteiger charge is 2.40. The number of benzene rings is 1. The fourth-order valence-electron chi connectivity index (χ4n) is 3.87. The van der Waals surface area contributed by atoms with Crippen molar-refractivity contribution in [3.63, 3.8) is 0 Å². The zero-order valence-electron chi connectivity index (χ0n) is 15.1. The Hall–Kier alpha value is -2.07. The van der Waals surface area contributed by atoms with Crippen molar-refractivity contribution in [3.8, 4) is 6.07 Å². The molecule has 0 spiro atoms. The number of ketones is 1. The second-order valence-corrected chi connectivity index (χ2v) is 9.18. The largest absolute Gasteiger partial charge is 0.384 e. The Balaban J connectivity index is 1.97. The number of anilines is 1. The van der Waals surface area contributed by atoms with Gasteiger partial charge in [-0.2, -0.15) is 5.26 Å². The molecule has 142 valence electrons. The van der Waals surface area contributed by atoms with E-state index in [1.54, 1.807) is 0 Å². The van der Waals surface area contributed by atoms with Gasteiger partial charge in [-0.15, -0.1) is 11.3 Å². The first-order valence-corrected chi connectivity index (χ1v) is 10.9. The lowest BCUT2D eigenvalue weighted by Crippen LogP contribution is -2.38. The fraction of sp³-hybridized carbons (Fsp3) is 0.238. The van der Waals surface area contributed by atoms with E-state index in [4.69, 9.17) is 17.3 Å². The second-order valence-electron chi connectivity index (χ2n) is 6.92. The van der Waals surface area contributed by atoms with E-state index < -0.39 is 5.92 Å². The predicted octanol–water partition coefficient (Wildman–Crippen LogP) is 5.78. The summed E-state index contributed by atoms with van der Waals surface area (Å²) in [4.78, 5) is 15.8. The maximum Gasteiger partial charge on any atom is 0.161 e. The number of hydrogen-bond donors (Lipinski definition) is 1. The van der Waals surface area contributed by atoms with Crippen LogP contribution in [0.4, 0.5) is 5.69 Å². The Labute approximate surface area is 181 Å². The highest BCUT2D eigenvalue weighted by molar-refractivity contribution is 9.10. The molecule has 1 aliphatic heterocycles. The lowest BCUT2D eigenvalue weighted by atomic mass is 9.78. The van der Waals surface area contributed by atoms with Crippen LogP contribution in [0.15, 0.2) is 56.8 Å². The van der Waals surface area contributed by atoms with Gasteiger partial charge in [-0.1, -0.05) is 17.7 Å². The van der Waals surface area contributed by atoms with E-state index in [9.17, 15) is 10.1 Å². The molecule has 0 saturated carbocycles. The topological polar surface area (TPSA) is 70.1 Å². The average molecular weight is 475 g/mol. The molecule has 2 aromatic rings. The quantitative estimate of drug-likeness (QED) is 0.599. The molecule has 0 amide bonds. The molecule has 1 unspecified atom stereocenters. The summed E-state index contributed by atoms with van der Waals surface area (Å²) in [6, 6.07) is 9.92. The standard InChI is InChI=1S/C21H17BrClN3OS/c1-11-5-6-13(8-15(11)23)26-16-3-2-4-17(27)20(16)19(14(9-24)21(26)25)18-7-12(22)10-28-18/h5-8,10,19H,2-4,25H2,1H3. The molecule has 4 nitrogen and oxygen atoms in total. The third-order valence-corrected chi connectivity index (χ3v) is 7.36. The molecule has 0 saturated heterocycles. The molecule has 7 heteroatoms. The van der Waals surface area contributed by atoms with Gasteiger partial charge < -0.3 is 5.73 Å². The van der Waals surface area contributed by atoms with Crippen molar-refractivity contribution < 1.29 is 4.79 Å². The number of thiophene rings is 1. The Kier molecular flexibility index (Phi) is 5.09. The monoisotopic (exact) mass is 473 g/mol. The van der Waals surface area contributed by atoms with Crippen LogP contribution in [0.2, 0.25) is 5.02 Å². The number of allylic oxidation sites excluding steroid dienone is 3. The molecule has 2 heterocycles. The third-order valence-electron chi connectivity index (χ3n) is 5.20. The summed E-state index contributed by atoms with van der Waals surface area (Å²) in [7, 11) is 0. The molecule has 1 atom stereocenters. The van der Waals surface area contributed by atoms with E-state index in [0.717, 1.165) is 39.1 Å². The summed E-state index contributed by atoms with van der Waals surface area (Å²) < 4.78 is 0.932. The van der Waals surface area contributed by atoms with Crippen LogP contribution in [-0.2, 0) is 4.79 Å². The number of nitriles is 1. The van der Waals surface area contributed by atoms with E-state index in [0.29, 0.717) is 28.4 Å². The maximum atomic E-state index is 13.0. The van der Waals surface area contributed by atoms with Gasteiger partial charge in [-0.25, -0.2) is 0 Å². The number of carbonyl (C=O) groups is 1. The summed E-state index contributed by atoms with van der Waals surface area (Å²) in [6.07, 6.45) is 1.99. The van der Waals surface area contributed by atoms with Gasteiger partial charge in [-0.05, 0) is 59.5 Å². The SMILES string of the molecule is Cc1ccc(N2C(N)=C(C#N)C(c3cc(Br)cs3)C3=C2CCCC3=O)cc1Cl. The summed E-state index contributed by atoms with van der Waals surface area (Å²) in [5.74, 6) is 0.0332. The first-order valence-electron chi connectivity index (χ1n) is 8.88. The van der Waals surface area contributed by atoms with Gasteiger partial charge in [0, 0.05) is 43.1 Å². The molecule has 1 aromatic heterocycles. The van der Waals surface area contributed by atoms with Gasteiger partial charge >= 0.3 is 0 Å². The molecule has 0 radical (unpaired) electrons. The molecule has 1 aliphatic carbocycles. The van der Waals surface area contributed by atoms with E-state index in [-0.39, 0.29) is 5.78 Å². The molecule has 0 bridgehead atoms. The highest BCUT2D eigenvalue weighted by atomic mass is 79.9. The lowest BCUT2D eigenvalue weighted by Gasteiger charge is -2.39. The van der Waals surface area contributed by atoms with E-state index in [2.05, 4.69) is 22.0 Å². The second kappa shape index (κ2) is 7.40. The number of halogens is 2. The van der Waals surface area contributed by atoms with Crippen LogP contribution in [0.3, 0.4) is 0 Å². The van der Waals surface area contributed by atoms with Crippen molar-refractivity contribution in [2.75, 3.05) is 4.90 Å². The highest BCUT2D eigenvalue weighted by Crippen LogP contribution is 2.48. The lowest BCUT2D eigenvalue weighted by molar-refractivity contribution is -0.116. The summed E-state index contributed by atoms with van der Waals surface area (Å²) in [6.45, 7) is 1.93. The number of aryl methyl sites for hydroxylation is 1. The molecular weight excluding hydrogens is 458 g/mol. The van der Waals surface area contributed by atoms with Gasteiger partial charge in [0.2, 0.25) is 0 Å². The Morgan fingerprint density at radius 2 is 2.14 bits per heavy atom. The molecule has 28 heavy (non-hydrogen) atoms. The van der Waals surface area contributed by atoms with Crippen LogP contribution in [0.25, 0.3) is 0 Å². The Bertz CT molecular complexity index is 1100. The van der Waals surface area contributed by atoms with Crippen molar-refractivity contribution in [2.45, 2.75) is 32.1 Å². The van der Waals surface area contributed by atoms with Crippen molar-refractivity contribution >= 4 is 50.3 Å². The minimum Gasteiger partial charge on any atom is -0.384 e. The first kappa shape index (κ1) is 19.3. The van der Waals surface area contributed by atoms with Crippen LogP contribution in [0, 0.1) is 18.3 Å². The minimum atomic E-state index is -0.415. The van der Waals surface area contributed by atoms with Crippen LogP contribution in [0.5, 0.6) is 0 Å². The summed E-state index contributed by atoms with van der Waals surface area (Å²) in [5, 5.41) is 12.5. The van der Waals surface area contributed by atoms with E-state index in [1.807, 2.05) is 41.5 Å². The summed E-state index contributed by atoms with van der Waals surface area (Å²) >= 11 is 11.3. The van der Waals surface area contributed by atoms with Crippen molar-refractivity contribution in [2.24, 2.45) is 5.73 Å². The molecule has 2 N–H and O–H groups in total. The van der Waals surface area contributed by atoms with Gasteiger partial charge in [0.05, 0.1) is 17.6 Å². The first-order chi connectivity index (χ1) is 13.4. The van der Waals surface area contributed by atoms with Crippen molar-refractivity contribution in [3.05, 3.63) is 72.2 Å². The average Bonchev–Trinajstić information content (AvgIpc) is 3.09. The zero-order valence-corrected chi connectivity index (χ0v) is 18.3. The molecule has 1 aromatic carbocycles. The smallest absolute Gasteiger partial charge is 0.161 e. The molecule has 0 fully saturated rings. The zero-order chi connectivity index (χ0) is 20.0. The number of nitrogens with zero attached hydrogens (tertiary/aromatic N) is 2. The van der Waals surface area contributed by atoms with Gasteiger partial charge in [-0.3, -0.25) is 9.69 Å². The molecule has 4 rings (SSSR count). The van der Waals surface area contributed by atoms with Crippen LogP contribution in [0.1, 0.15) is 35.6 Å². The summed E-state index contributed by atoms with van der Waals surface area (Å²) in [5.41, 5.74) is 10.2.